The van der Waals surface area contributed by atoms with E-state index in [-0.39, 0.29) is 11.6 Å². The summed E-state index contributed by atoms with van der Waals surface area (Å²) in [7, 11) is 1.71. The van der Waals surface area contributed by atoms with E-state index in [0.29, 0.717) is 0 Å². The predicted octanol–water partition coefficient (Wildman–Crippen LogP) is 4.53. The van der Waals surface area contributed by atoms with E-state index in [1.165, 1.54) is 11.1 Å². The molecule has 0 aliphatic heterocycles. The Labute approximate surface area is 146 Å². The van der Waals surface area contributed by atoms with E-state index in [1.54, 1.807) is 7.11 Å². The maximum Gasteiger partial charge on any atom is 0.126 e. The van der Waals surface area contributed by atoms with Crippen molar-refractivity contribution in [3.63, 3.8) is 0 Å². The van der Waals surface area contributed by atoms with E-state index in [4.69, 9.17) is 10.5 Å². The fourth-order valence-electron chi connectivity index (χ4n) is 2.81. The molecule has 0 fully saturated rings. The first-order valence-corrected chi connectivity index (χ1v) is 8.78. The summed E-state index contributed by atoms with van der Waals surface area (Å²) in [6.07, 6.45) is 1.96. The van der Waals surface area contributed by atoms with Gasteiger partial charge in [0.15, 0.2) is 0 Å². The third-order valence-corrected chi connectivity index (χ3v) is 5.00. The van der Waals surface area contributed by atoms with E-state index in [9.17, 15) is 0 Å². The van der Waals surface area contributed by atoms with E-state index >= 15 is 0 Å². The molecular formula is C21H30N2O. The number of ether oxygens (including phenoxy) is 1. The average Bonchev–Trinajstić information content (AvgIpc) is 2.66. The summed E-state index contributed by atoms with van der Waals surface area (Å²) in [5.74, 6) is 0.898. The maximum atomic E-state index is 6.38. The highest BCUT2D eigenvalue weighted by molar-refractivity contribution is 5.70. The standard InChI is InChI=1S/C21H30N2O/c1-5-21(22,6-2)15-23-16(3)17-11-13-18(14-12-17)19-9-7-8-10-20(19)24-4/h7-14,16,23H,5-6,15,22H2,1-4H3. The average molecular weight is 326 g/mol. The van der Waals surface area contributed by atoms with Crippen LogP contribution in [-0.2, 0) is 0 Å². The first kappa shape index (κ1) is 18.5. The van der Waals surface area contributed by atoms with Crippen LogP contribution in [0.25, 0.3) is 11.1 Å². The van der Waals surface area contributed by atoms with E-state index in [2.05, 4.69) is 56.4 Å². The minimum atomic E-state index is -0.119. The van der Waals surface area contributed by atoms with Crippen LogP contribution in [0.2, 0.25) is 0 Å². The van der Waals surface area contributed by atoms with Crippen molar-refractivity contribution in [1.29, 1.82) is 0 Å². The van der Waals surface area contributed by atoms with E-state index in [1.807, 2.05) is 18.2 Å². The minimum absolute atomic E-state index is 0.119. The molecule has 24 heavy (non-hydrogen) atoms. The Hall–Kier alpha value is -1.84. The summed E-state index contributed by atoms with van der Waals surface area (Å²) in [6.45, 7) is 7.31. The Kier molecular flexibility index (Phi) is 6.41. The predicted molar refractivity (Wildman–Crippen MR) is 102 cm³/mol. The van der Waals surface area contributed by atoms with Gasteiger partial charge in [0.25, 0.3) is 0 Å². The van der Waals surface area contributed by atoms with Gasteiger partial charge in [-0.2, -0.15) is 0 Å². The highest BCUT2D eigenvalue weighted by Crippen LogP contribution is 2.30. The molecule has 0 aromatic heterocycles. The quantitative estimate of drug-likeness (QED) is 0.749. The lowest BCUT2D eigenvalue weighted by molar-refractivity contribution is 0.353. The molecule has 0 aliphatic rings. The molecule has 0 spiro atoms. The van der Waals surface area contributed by atoms with Gasteiger partial charge in [0, 0.05) is 23.7 Å². The maximum absolute atomic E-state index is 6.38. The third kappa shape index (κ3) is 4.37. The topological polar surface area (TPSA) is 47.3 Å². The van der Waals surface area contributed by atoms with Gasteiger partial charge < -0.3 is 15.8 Å². The number of benzene rings is 2. The third-order valence-electron chi connectivity index (χ3n) is 5.00. The van der Waals surface area contributed by atoms with Gasteiger partial charge in [-0.1, -0.05) is 56.3 Å². The molecule has 3 heteroatoms. The van der Waals surface area contributed by atoms with Gasteiger partial charge in [-0.3, -0.25) is 0 Å². The van der Waals surface area contributed by atoms with Crippen molar-refractivity contribution in [2.75, 3.05) is 13.7 Å². The Balaban J connectivity index is 2.09. The lowest BCUT2D eigenvalue weighted by Crippen LogP contribution is -2.48. The second kappa shape index (κ2) is 8.32. The lowest BCUT2D eigenvalue weighted by Gasteiger charge is -2.29. The Bertz CT molecular complexity index is 633. The molecule has 0 bridgehead atoms. The fourth-order valence-corrected chi connectivity index (χ4v) is 2.81. The highest BCUT2D eigenvalue weighted by atomic mass is 16.5. The molecule has 130 valence electrons. The Morgan fingerprint density at radius 3 is 2.25 bits per heavy atom. The number of nitrogens with one attached hydrogen (secondary N) is 1. The van der Waals surface area contributed by atoms with Crippen molar-refractivity contribution in [1.82, 2.24) is 5.32 Å². The van der Waals surface area contributed by atoms with Crippen LogP contribution in [0.15, 0.2) is 48.5 Å². The van der Waals surface area contributed by atoms with E-state index < -0.39 is 0 Å². The number of nitrogens with two attached hydrogens (primary N) is 1. The summed E-state index contributed by atoms with van der Waals surface area (Å²) in [5, 5.41) is 3.57. The lowest BCUT2D eigenvalue weighted by atomic mass is 9.93. The van der Waals surface area contributed by atoms with Gasteiger partial charge in [-0.05, 0) is 37.0 Å². The van der Waals surface area contributed by atoms with Crippen molar-refractivity contribution < 1.29 is 4.74 Å². The SMILES string of the molecule is CCC(N)(CC)CNC(C)c1ccc(-c2ccccc2OC)cc1. The zero-order valence-electron chi connectivity index (χ0n) is 15.3. The molecule has 1 unspecified atom stereocenters. The van der Waals surface area contributed by atoms with Crippen LogP contribution in [0, 0.1) is 0 Å². The van der Waals surface area contributed by atoms with Crippen molar-refractivity contribution in [3.05, 3.63) is 54.1 Å². The molecular weight excluding hydrogens is 296 g/mol. The van der Waals surface area contributed by atoms with Crippen LogP contribution < -0.4 is 15.8 Å². The molecule has 2 aromatic carbocycles. The molecule has 2 rings (SSSR count). The number of methoxy groups -OCH3 is 1. The Morgan fingerprint density at radius 1 is 1.04 bits per heavy atom. The monoisotopic (exact) mass is 326 g/mol. The minimum Gasteiger partial charge on any atom is -0.496 e. The molecule has 3 N–H and O–H groups in total. The summed E-state index contributed by atoms with van der Waals surface area (Å²) >= 11 is 0. The van der Waals surface area contributed by atoms with E-state index in [0.717, 1.165) is 30.7 Å². The molecule has 2 aromatic rings. The van der Waals surface area contributed by atoms with Crippen LogP contribution in [0.1, 0.15) is 45.2 Å². The fraction of sp³-hybridized carbons (Fsp3) is 0.429. The van der Waals surface area contributed by atoms with Gasteiger partial charge in [0.05, 0.1) is 7.11 Å². The normalized spacial score (nSPS) is 12.9. The second-order valence-corrected chi connectivity index (χ2v) is 6.49. The molecule has 1 atom stereocenters. The van der Waals surface area contributed by atoms with Gasteiger partial charge in [-0.25, -0.2) is 0 Å². The number of para-hydroxylation sites is 1. The van der Waals surface area contributed by atoms with Gasteiger partial charge in [0.2, 0.25) is 0 Å². The first-order valence-electron chi connectivity index (χ1n) is 8.78. The summed E-state index contributed by atoms with van der Waals surface area (Å²) < 4.78 is 5.45. The largest absolute Gasteiger partial charge is 0.496 e. The van der Waals surface area contributed by atoms with Gasteiger partial charge in [-0.15, -0.1) is 0 Å². The van der Waals surface area contributed by atoms with Crippen molar-refractivity contribution in [2.45, 2.75) is 45.2 Å². The molecule has 3 nitrogen and oxygen atoms in total. The summed E-state index contributed by atoms with van der Waals surface area (Å²) in [4.78, 5) is 0. The first-order chi connectivity index (χ1) is 11.5. The molecule has 0 radical (unpaired) electrons. The Morgan fingerprint density at radius 2 is 1.67 bits per heavy atom. The highest BCUT2D eigenvalue weighted by Gasteiger charge is 2.20. The number of hydrogen-bond donors (Lipinski definition) is 2. The van der Waals surface area contributed by atoms with Crippen LogP contribution >= 0.6 is 0 Å². The second-order valence-electron chi connectivity index (χ2n) is 6.49. The molecule has 0 saturated carbocycles. The van der Waals surface area contributed by atoms with Crippen LogP contribution in [-0.4, -0.2) is 19.2 Å². The zero-order chi connectivity index (χ0) is 17.6. The molecule has 0 saturated heterocycles. The summed E-state index contributed by atoms with van der Waals surface area (Å²) in [5.41, 5.74) is 9.81. The van der Waals surface area contributed by atoms with Gasteiger partial charge in [0.1, 0.15) is 5.75 Å². The van der Waals surface area contributed by atoms with Crippen LogP contribution in [0.5, 0.6) is 5.75 Å². The summed E-state index contributed by atoms with van der Waals surface area (Å²) in [6, 6.07) is 17.0. The van der Waals surface area contributed by atoms with Crippen molar-refractivity contribution in [3.8, 4) is 16.9 Å². The number of hydrogen-bond acceptors (Lipinski definition) is 3. The smallest absolute Gasteiger partial charge is 0.126 e. The van der Waals surface area contributed by atoms with Crippen LogP contribution in [0.4, 0.5) is 0 Å². The van der Waals surface area contributed by atoms with Crippen molar-refractivity contribution in [2.24, 2.45) is 5.73 Å². The van der Waals surface area contributed by atoms with Crippen LogP contribution in [0.3, 0.4) is 0 Å². The number of rotatable bonds is 8. The molecule has 0 aliphatic carbocycles. The van der Waals surface area contributed by atoms with Gasteiger partial charge >= 0.3 is 0 Å². The van der Waals surface area contributed by atoms with Crippen molar-refractivity contribution >= 4 is 0 Å². The molecule has 0 amide bonds. The molecule has 0 heterocycles. The zero-order valence-corrected chi connectivity index (χ0v) is 15.3.